The van der Waals surface area contributed by atoms with Gasteiger partial charge in [0.2, 0.25) is 5.78 Å². The lowest BCUT2D eigenvalue weighted by Gasteiger charge is -2.10. The minimum Gasteiger partial charge on any atom is -0.453 e. The first kappa shape index (κ1) is 20.2. The number of carbonyl (C=O) groups is 2. The van der Waals surface area contributed by atoms with Crippen LogP contribution in [0.2, 0.25) is 0 Å². The van der Waals surface area contributed by atoms with Gasteiger partial charge >= 0.3 is 11.7 Å². The Labute approximate surface area is 167 Å². The lowest BCUT2D eigenvalue weighted by molar-refractivity contribution is 0.0479. The SMILES string of the molecule is Cn1c(N)c(C(=O)COC(=O)c2ccc(-c3ccc(F)cc3)s2)c(=O)n(C)c1=O. The number of benzene rings is 1. The van der Waals surface area contributed by atoms with Crippen molar-refractivity contribution in [3.8, 4) is 10.4 Å². The van der Waals surface area contributed by atoms with E-state index >= 15 is 0 Å². The molecular weight excluding hydrogens is 401 g/mol. The van der Waals surface area contributed by atoms with E-state index in [0.717, 1.165) is 30.9 Å². The van der Waals surface area contributed by atoms with Crippen molar-refractivity contribution >= 4 is 28.9 Å². The zero-order valence-corrected chi connectivity index (χ0v) is 16.3. The molecule has 8 nitrogen and oxygen atoms in total. The molecule has 2 heterocycles. The molecule has 150 valence electrons. The Morgan fingerprint density at radius 1 is 1.07 bits per heavy atom. The van der Waals surface area contributed by atoms with E-state index in [1.807, 2.05) is 0 Å². The molecule has 0 amide bonds. The summed E-state index contributed by atoms with van der Waals surface area (Å²) in [6, 6.07) is 8.98. The lowest BCUT2D eigenvalue weighted by Crippen LogP contribution is -2.42. The number of anilines is 1. The summed E-state index contributed by atoms with van der Waals surface area (Å²) in [5.74, 6) is -2.24. The molecule has 1 aromatic carbocycles. The quantitative estimate of drug-likeness (QED) is 0.498. The average molecular weight is 417 g/mol. The number of nitrogens with zero attached hydrogens (tertiary/aromatic N) is 2. The van der Waals surface area contributed by atoms with Gasteiger partial charge in [-0.2, -0.15) is 0 Å². The monoisotopic (exact) mass is 417 g/mol. The van der Waals surface area contributed by atoms with Gasteiger partial charge in [0, 0.05) is 19.0 Å². The summed E-state index contributed by atoms with van der Waals surface area (Å²) in [6.45, 7) is -0.708. The molecule has 0 aliphatic rings. The maximum atomic E-state index is 13.0. The van der Waals surface area contributed by atoms with Crippen LogP contribution in [0.15, 0.2) is 46.0 Å². The van der Waals surface area contributed by atoms with Gasteiger partial charge in [-0.05, 0) is 29.8 Å². The smallest absolute Gasteiger partial charge is 0.348 e. The van der Waals surface area contributed by atoms with Crippen molar-refractivity contribution in [3.05, 3.63) is 73.5 Å². The number of nitrogen functional groups attached to an aromatic ring is 1. The number of thiophene rings is 1. The van der Waals surface area contributed by atoms with Gasteiger partial charge in [-0.25, -0.2) is 14.0 Å². The maximum Gasteiger partial charge on any atom is 0.348 e. The molecule has 0 saturated heterocycles. The number of ketones is 1. The third-order valence-corrected chi connectivity index (χ3v) is 5.37. The fraction of sp³-hybridized carbons (Fsp3) is 0.158. The summed E-state index contributed by atoms with van der Waals surface area (Å²) in [7, 11) is 2.54. The molecule has 0 radical (unpaired) electrons. The minimum atomic E-state index is -0.860. The molecule has 0 unspecified atom stereocenters. The van der Waals surface area contributed by atoms with Crippen molar-refractivity contribution in [2.24, 2.45) is 14.1 Å². The molecule has 2 aromatic heterocycles. The van der Waals surface area contributed by atoms with Crippen molar-refractivity contribution in [3.63, 3.8) is 0 Å². The van der Waals surface area contributed by atoms with Crippen molar-refractivity contribution in [1.82, 2.24) is 9.13 Å². The van der Waals surface area contributed by atoms with E-state index in [0.29, 0.717) is 0 Å². The van der Waals surface area contributed by atoms with Crippen molar-refractivity contribution in [1.29, 1.82) is 0 Å². The third kappa shape index (κ3) is 3.87. The molecule has 3 rings (SSSR count). The highest BCUT2D eigenvalue weighted by atomic mass is 32.1. The van der Waals surface area contributed by atoms with Crippen molar-refractivity contribution in [2.75, 3.05) is 12.3 Å². The summed E-state index contributed by atoms with van der Waals surface area (Å²) in [6.07, 6.45) is 0. The van der Waals surface area contributed by atoms with Crippen LogP contribution in [0.5, 0.6) is 0 Å². The van der Waals surface area contributed by atoms with Gasteiger partial charge in [-0.15, -0.1) is 11.3 Å². The first-order valence-electron chi connectivity index (χ1n) is 8.32. The summed E-state index contributed by atoms with van der Waals surface area (Å²) in [5, 5.41) is 0. The molecule has 0 bridgehead atoms. The second-order valence-corrected chi connectivity index (χ2v) is 7.22. The number of esters is 1. The molecule has 0 atom stereocenters. The molecule has 0 spiro atoms. The number of halogens is 1. The van der Waals surface area contributed by atoms with Gasteiger partial charge in [0.25, 0.3) is 5.56 Å². The Balaban J connectivity index is 1.75. The van der Waals surface area contributed by atoms with Crippen LogP contribution < -0.4 is 17.0 Å². The van der Waals surface area contributed by atoms with Gasteiger partial charge in [0.05, 0.1) is 0 Å². The molecule has 2 N–H and O–H groups in total. The van der Waals surface area contributed by atoms with E-state index in [2.05, 4.69) is 0 Å². The summed E-state index contributed by atoms with van der Waals surface area (Å²) < 4.78 is 19.7. The number of aromatic nitrogens is 2. The molecule has 0 saturated carbocycles. The zero-order valence-electron chi connectivity index (χ0n) is 15.5. The number of hydrogen-bond donors (Lipinski definition) is 1. The topological polar surface area (TPSA) is 113 Å². The number of Topliss-reactive ketones (excluding diaryl/α,β-unsaturated/α-hetero) is 1. The normalized spacial score (nSPS) is 10.7. The Bertz CT molecular complexity index is 1220. The number of rotatable bonds is 5. The fourth-order valence-corrected chi connectivity index (χ4v) is 3.52. The molecule has 29 heavy (non-hydrogen) atoms. The number of hydrogen-bond acceptors (Lipinski definition) is 7. The second kappa shape index (κ2) is 7.84. The number of ether oxygens (including phenoxy) is 1. The van der Waals surface area contributed by atoms with E-state index in [4.69, 9.17) is 10.5 Å². The molecule has 0 fully saturated rings. The van der Waals surface area contributed by atoms with Gasteiger partial charge in [0.15, 0.2) is 6.61 Å². The van der Waals surface area contributed by atoms with Crippen molar-refractivity contribution in [2.45, 2.75) is 0 Å². The average Bonchev–Trinajstić information content (AvgIpc) is 3.20. The zero-order chi connectivity index (χ0) is 21.3. The summed E-state index contributed by atoms with van der Waals surface area (Å²) in [4.78, 5) is 49.6. The summed E-state index contributed by atoms with van der Waals surface area (Å²) >= 11 is 1.12. The molecule has 10 heteroatoms. The third-order valence-electron chi connectivity index (χ3n) is 4.26. The van der Waals surface area contributed by atoms with E-state index in [1.165, 1.54) is 32.3 Å². The Kier molecular flexibility index (Phi) is 5.46. The molecule has 0 aliphatic heterocycles. The van der Waals surface area contributed by atoms with Gasteiger partial charge in [-0.1, -0.05) is 12.1 Å². The first-order chi connectivity index (χ1) is 13.7. The standard InChI is InChI=1S/C19H16FN3O5S/c1-22-16(21)15(17(25)23(2)19(22)27)12(24)9-28-18(26)14-8-7-13(29-14)10-3-5-11(20)6-4-10/h3-8H,9,21H2,1-2H3. The number of nitrogens with two attached hydrogens (primary N) is 1. The van der Waals surface area contributed by atoms with Crippen LogP contribution in [0, 0.1) is 5.82 Å². The van der Waals surface area contributed by atoms with Crippen LogP contribution in [0.25, 0.3) is 10.4 Å². The van der Waals surface area contributed by atoms with Crippen LogP contribution in [-0.4, -0.2) is 27.5 Å². The highest BCUT2D eigenvalue weighted by molar-refractivity contribution is 7.17. The van der Waals surface area contributed by atoms with Crippen LogP contribution in [0.4, 0.5) is 10.2 Å². The van der Waals surface area contributed by atoms with E-state index in [9.17, 15) is 23.6 Å². The molecule has 0 aliphatic carbocycles. The van der Waals surface area contributed by atoms with Crippen LogP contribution in [0.1, 0.15) is 20.0 Å². The van der Waals surface area contributed by atoms with E-state index in [1.54, 1.807) is 18.2 Å². The Morgan fingerprint density at radius 3 is 2.38 bits per heavy atom. The maximum absolute atomic E-state index is 13.0. The van der Waals surface area contributed by atoms with Crippen molar-refractivity contribution < 1.29 is 18.7 Å². The van der Waals surface area contributed by atoms with E-state index in [-0.39, 0.29) is 16.5 Å². The van der Waals surface area contributed by atoms with Gasteiger partial charge < -0.3 is 10.5 Å². The molecule has 3 aromatic rings. The predicted molar refractivity (Wildman–Crippen MR) is 106 cm³/mol. The fourth-order valence-electron chi connectivity index (χ4n) is 2.61. The first-order valence-corrected chi connectivity index (χ1v) is 9.14. The van der Waals surface area contributed by atoms with Crippen LogP contribution >= 0.6 is 11.3 Å². The second-order valence-electron chi connectivity index (χ2n) is 6.14. The summed E-state index contributed by atoms with van der Waals surface area (Å²) in [5.41, 5.74) is 4.49. The highest BCUT2D eigenvalue weighted by Crippen LogP contribution is 2.28. The lowest BCUT2D eigenvalue weighted by atomic mass is 10.2. The Hall–Kier alpha value is -3.53. The van der Waals surface area contributed by atoms with Gasteiger partial charge in [-0.3, -0.25) is 18.7 Å². The highest BCUT2D eigenvalue weighted by Gasteiger charge is 2.22. The van der Waals surface area contributed by atoms with Gasteiger partial charge in [0.1, 0.15) is 22.1 Å². The minimum absolute atomic E-state index is 0.235. The number of carbonyl (C=O) groups excluding carboxylic acids is 2. The Morgan fingerprint density at radius 2 is 1.72 bits per heavy atom. The molecular formula is C19H16FN3O5S. The van der Waals surface area contributed by atoms with Crippen LogP contribution in [-0.2, 0) is 18.8 Å². The largest absolute Gasteiger partial charge is 0.453 e. The van der Waals surface area contributed by atoms with Crippen LogP contribution in [0.3, 0.4) is 0 Å². The van der Waals surface area contributed by atoms with E-state index < -0.39 is 35.2 Å². The predicted octanol–water partition coefficient (Wildman–Crippen LogP) is 1.57.